The van der Waals surface area contributed by atoms with E-state index in [9.17, 15) is 26.3 Å². The Labute approximate surface area is 122 Å². The van der Waals surface area contributed by atoms with E-state index in [1.54, 1.807) is 0 Å². The standard InChI is InChI=1S/C11H14ClF6N3/c1-5-6(9(12)21(3)20-5)4-7(19-2)8(10(13,14)15)11(16,17)18/h7-8,19H,4H2,1-3H3. The average molecular weight is 338 g/mol. The van der Waals surface area contributed by atoms with Gasteiger partial charge in [0.2, 0.25) is 0 Å². The summed E-state index contributed by atoms with van der Waals surface area (Å²) in [5, 5.41) is 5.99. The molecule has 0 aliphatic heterocycles. The Balaban J connectivity index is 3.16. The van der Waals surface area contributed by atoms with Gasteiger partial charge in [-0.3, -0.25) is 4.68 Å². The molecule has 10 heteroatoms. The lowest BCUT2D eigenvalue weighted by Gasteiger charge is -2.30. The second-order valence-electron chi connectivity index (χ2n) is 4.64. The Morgan fingerprint density at radius 3 is 1.95 bits per heavy atom. The zero-order chi connectivity index (χ0) is 16.6. The topological polar surface area (TPSA) is 29.9 Å². The summed E-state index contributed by atoms with van der Waals surface area (Å²) in [6.45, 7) is 1.48. The fourth-order valence-electron chi connectivity index (χ4n) is 2.15. The molecule has 0 aliphatic rings. The van der Waals surface area contributed by atoms with Crippen LogP contribution in [0.4, 0.5) is 26.3 Å². The number of halogens is 7. The molecule has 1 heterocycles. The van der Waals surface area contributed by atoms with Crippen LogP contribution in [0.1, 0.15) is 11.3 Å². The molecule has 0 saturated heterocycles. The van der Waals surface area contributed by atoms with E-state index in [0.29, 0.717) is 5.69 Å². The van der Waals surface area contributed by atoms with Gasteiger partial charge in [0, 0.05) is 18.7 Å². The van der Waals surface area contributed by atoms with E-state index in [-0.39, 0.29) is 10.7 Å². The number of likely N-dealkylation sites (N-methyl/N-ethyl adjacent to an activating group) is 1. The van der Waals surface area contributed by atoms with Crippen LogP contribution in [0.2, 0.25) is 5.15 Å². The van der Waals surface area contributed by atoms with Gasteiger partial charge >= 0.3 is 12.4 Å². The highest BCUT2D eigenvalue weighted by Gasteiger charge is 2.59. The smallest absolute Gasteiger partial charge is 0.316 e. The molecule has 1 aromatic rings. The number of aromatic nitrogens is 2. The lowest BCUT2D eigenvalue weighted by atomic mass is 9.92. The first-order valence-corrected chi connectivity index (χ1v) is 6.26. The van der Waals surface area contributed by atoms with Crippen molar-refractivity contribution in [3.63, 3.8) is 0 Å². The number of aryl methyl sites for hydroxylation is 2. The minimum absolute atomic E-state index is 0.0239. The lowest BCUT2D eigenvalue weighted by molar-refractivity contribution is -0.291. The van der Waals surface area contributed by atoms with Gasteiger partial charge in [-0.1, -0.05) is 11.6 Å². The molecule has 1 N–H and O–H groups in total. The molecule has 1 aromatic heterocycles. The fraction of sp³-hybridized carbons (Fsp3) is 0.727. The summed E-state index contributed by atoms with van der Waals surface area (Å²) < 4.78 is 77.7. The first kappa shape index (κ1) is 18.1. The van der Waals surface area contributed by atoms with E-state index in [4.69, 9.17) is 11.6 Å². The van der Waals surface area contributed by atoms with E-state index in [1.165, 1.54) is 18.7 Å². The van der Waals surface area contributed by atoms with Crippen LogP contribution >= 0.6 is 11.6 Å². The van der Waals surface area contributed by atoms with Crippen molar-refractivity contribution in [1.29, 1.82) is 0 Å². The number of hydrogen-bond donors (Lipinski definition) is 1. The van der Waals surface area contributed by atoms with E-state index in [0.717, 1.165) is 7.05 Å². The highest BCUT2D eigenvalue weighted by Crippen LogP contribution is 2.42. The summed E-state index contributed by atoms with van der Waals surface area (Å²) in [5.41, 5.74) is 0.461. The maximum atomic E-state index is 12.7. The summed E-state index contributed by atoms with van der Waals surface area (Å²) in [5.74, 6) is -3.48. The molecule has 0 aromatic carbocycles. The summed E-state index contributed by atoms with van der Waals surface area (Å²) in [4.78, 5) is 0. The van der Waals surface area contributed by atoms with Crippen molar-refractivity contribution in [2.24, 2.45) is 13.0 Å². The SMILES string of the molecule is CNC(Cc1c(C)nn(C)c1Cl)C(C(F)(F)F)C(F)(F)F. The van der Waals surface area contributed by atoms with Gasteiger partial charge in [-0.2, -0.15) is 31.4 Å². The predicted octanol–water partition coefficient (Wildman–Crippen LogP) is 3.25. The van der Waals surface area contributed by atoms with Crippen LogP contribution in [0.3, 0.4) is 0 Å². The molecule has 1 atom stereocenters. The highest BCUT2D eigenvalue weighted by atomic mass is 35.5. The zero-order valence-electron chi connectivity index (χ0n) is 11.4. The molecule has 0 amide bonds. The van der Waals surface area contributed by atoms with Crippen molar-refractivity contribution in [3.8, 4) is 0 Å². The molecule has 3 nitrogen and oxygen atoms in total. The molecule has 0 saturated carbocycles. The summed E-state index contributed by atoms with van der Waals surface area (Å²) in [7, 11) is 2.51. The summed E-state index contributed by atoms with van der Waals surface area (Å²) in [6.07, 6.45) is -11.3. The molecular formula is C11H14ClF6N3. The Kier molecular flexibility index (Phi) is 5.20. The van der Waals surface area contributed by atoms with Crippen LogP contribution < -0.4 is 5.32 Å². The van der Waals surface area contributed by atoms with Crippen LogP contribution in [0.5, 0.6) is 0 Å². The normalized spacial score (nSPS) is 14.8. The van der Waals surface area contributed by atoms with Crippen molar-refractivity contribution in [2.75, 3.05) is 7.05 Å². The van der Waals surface area contributed by atoms with Gasteiger partial charge in [-0.15, -0.1) is 0 Å². The fourth-order valence-corrected chi connectivity index (χ4v) is 2.41. The van der Waals surface area contributed by atoms with Gasteiger partial charge in [0.15, 0.2) is 5.92 Å². The van der Waals surface area contributed by atoms with Crippen LogP contribution in [-0.2, 0) is 13.5 Å². The molecule has 0 bridgehead atoms. The Hall–Kier alpha value is -0.960. The molecule has 0 spiro atoms. The molecule has 0 fully saturated rings. The first-order valence-electron chi connectivity index (χ1n) is 5.88. The third-order valence-corrected chi connectivity index (χ3v) is 3.65. The molecule has 1 unspecified atom stereocenters. The van der Waals surface area contributed by atoms with Crippen LogP contribution in [-0.4, -0.2) is 35.2 Å². The maximum Gasteiger partial charge on any atom is 0.402 e. The van der Waals surface area contributed by atoms with Gasteiger partial charge in [-0.25, -0.2) is 0 Å². The van der Waals surface area contributed by atoms with Crippen LogP contribution in [0.25, 0.3) is 0 Å². The summed E-state index contributed by atoms with van der Waals surface area (Å²) in [6, 6.07) is -1.88. The van der Waals surface area contributed by atoms with Gasteiger partial charge in [0.25, 0.3) is 0 Å². The number of alkyl halides is 6. The lowest BCUT2D eigenvalue weighted by Crippen LogP contribution is -2.51. The number of rotatable bonds is 4. The van der Waals surface area contributed by atoms with E-state index >= 15 is 0 Å². The molecular weight excluding hydrogens is 324 g/mol. The van der Waals surface area contributed by atoms with Crippen molar-refractivity contribution in [2.45, 2.75) is 31.7 Å². The van der Waals surface area contributed by atoms with Gasteiger partial charge in [-0.05, 0) is 20.4 Å². The Bertz CT molecular complexity index is 479. The molecule has 1 rings (SSSR count). The Morgan fingerprint density at radius 1 is 1.19 bits per heavy atom. The molecule has 0 aliphatic carbocycles. The second-order valence-corrected chi connectivity index (χ2v) is 5.00. The largest absolute Gasteiger partial charge is 0.402 e. The van der Waals surface area contributed by atoms with E-state index in [1.807, 2.05) is 0 Å². The zero-order valence-corrected chi connectivity index (χ0v) is 12.2. The van der Waals surface area contributed by atoms with Crippen molar-refractivity contribution in [3.05, 3.63) is 16.4 Å². The quantitative estimate of drug-likeness (QED) is 0.855. The highest BCUT2D eigenvalue weighted by molar-refractivity contribution is 6.30. The monoisotopic (exact) mass is 337 g/mol. The third kappa shape index (κ3) is 4.03. The minimum Gasteiger partial charge on any atom is -0.316 e. The number of nitrogens with one attached hydrogen (secondary N) is 1. The Morgan fingerprint density at radius 2 is 1.67 bits per heavy atom. The van der Waals surface area contributed by atoms with Gasteiger partial charge in [0.05, 0.1) is 5.69 Å². The third-order valence-electron chi connectivity index (χ3n) is 3.17. The van der Waals surface area contributed by atoms with Crippen molar-refractivity contribution >= 4 is 11.6 Å². The molecule has 122 valence electrons. The van der Waals surface area contributed by atoms with Crippen LogP contribution in [0.15, 0.2) is 0 Å². The predicted molar refractivity (Wildman–Crippen MR) is 65.1 cm³/mol. The maximum absolute atomic E-state index is 12.7. The van der Waals surface area contributed by atoms with E-state index < -0.39 is 30.7 Å². The summed E-state index contributed by atoms with van der Waals surface area (Å²) >= 11 is 5.86. The van der Waals surface area contributed by atoms with Gasteiger partial charge < -0.3 is 5.32 Å². The minimum atomic E-state index is -5.41. The van der Waals surface area contributed by atoms with Gasteiger partial charge in [0.1, 0.15) is 5.15 Å². The first-order chi connectivity index (χ1) is 9.39. The van der Waals surface area contributed by atoms with Crippen molar-refractivity contribution < 1.29 is 26.3 Å². The van der Waals surface area contributed by atoms with E-state index in [2.05, 4.69) is 10.4 Å². The average Bonchev–Trinajstić information content (AvgIpc) is 2.51. The molecule has 21 heavy (non-hydrogen) atoms. The van der Waals surface area contributed by atoms with Crippen LogP contribution in [0, 0.1) is 12.8 Å². The molecule has 0 radical (unpaired) electrons. The van der Waals surface area contributed by atoms with Crippen molar-refractivity contribution in [1.82, 2.24) is 15.1 Å². The number of nitrogens with zero attached hydrogens (tertiary/aromatic N) is 2. The second kappa shape index (κ2) is 6.04. The number of hydrogen-bond acceptors (Lipinski definition) is 2.